The van der Waals surface area contributed by atoms with Crippen molar-refractivity contribution in [1.82, 2.24) is 10.7 Å². The molecular formula is C19H20ClN3O2S. The summed E-state index contributed by atoms with van der Waals surface area (Å²) >= 11 is 7.54. The zero-order valence-electron chi connectivity index (χ0n) is 14.2. The highest BCUT2D eigenvalue weighted by Crippen LogP contribution is 2.20. The fourth-order valence-electron chi connectivity index (χ4n) is 2.99. The molecule has 26 heavy (non-hydrogen) atoms. The molecule has 1 heterocycles. The summed E-state index contributed by atoms with van der Waals surface area (Å²) in [7, 11) is 0. The Labute approximate surface area is 161 Å². The van der Waals surface area contributed by atoms with Crippen LogP contribution in [0.3, 0.4) is 0 Å². The number of hydrogen-bond acceptors (Lipinski definition) is 4. The summed E-state index contributed by atoms with van der Waals surface area (Å²) in [6, 6.07) is 8.65. The number of thiophene rings is 1. The second-order valence-corrected chi connectivity index (χ2v) is 7.63. The molecule has 7 heteroatoms. The van der Waals surface area contributed by atoms with E-state index in [1.54, 1.807) is 18.3 Å². The van der Waals surface area contributed by atoms with Crippen molar-refractivity contribution in [2.45, 2.75) is 38.1 Å². The van der Waals surface area contributed by atoms with E-state index in [1.807, 2.05) is 17.5 Å². The topological polar surface area (TPSA) is 70.6 Å². The molecule has 5 nitrogen and oxygen atoms in total. The van der Waals surface area contributed by atoms with Gasteiger partial charge in [-0.1, -0.05) is 36.9 Å². The van der Waals surface area contributed by atoms with E-state index in [0.29, 0.717) is 10.6 Å². The van der Waals surface area contributed by atoms with Gasteiger partial charge in [0.05, 0.1) is 17.3 Å². The summed E-state index contributed by atoms with van der Waals surface area (Å²) in [5.41, 5.74) is 2.99. The summed E-state index contributed by atoms with van der Waals surface area (Å²) < 4.78 is 0. The summed E-state index contributed by atoms with van der Waals surface area (Å²) in [6.07, 6.45) is 6.97. The second kappa shape index (κ2) is 8.96. The van der Waals surface area contributed by atoms with Crippen molar-refractivity contribution in [2.24, 2.45) is 5.10 Å². The van der Waals surface area contributed by atoms with Crippen molar-refractivity contribution < 1.29 is 9.59 Å². The molecule has 1 fully saturated rings. The highest BCUT2D eigenvalue weighted by molar-refractivity contribution is 7.11. The minimum absolute atomic E-state index is 0.166. The van der Waals surface area contributed by atoms with E-state index in [-0.39, 0.29) is 17.5 Å². The van der Waals surface area contributed by atoms with Crippen molar-refractivity contribution in [3.8, 4) is 0 Å². The molecule has 1 aliphatic rings. The van der Waals surface area contributed by atoms with Gasteiger partial charge in [-0.2, -0.15) is 5.10 Å². The number of benzene rings is 1. The molecule has 0 bridgehead atoms. The minimum Gasteiger partial charge on any atom is -0.349 e. The maximum atomic E-state index is 12.6. The number of halogens is 1. The van der Waals surface area contributed by atoms with Gasteiger partial charge in [-0.15, -0.1) is 11.3 Å². The first-order valence-corrected chi connectivity index (χ1v) is 9.86. The van der Waals surface area contributed by atoms with Crippen molar-refractivity contribution >= 4 is 41.0 Å². The van der Waals surface area contributed by atoms with E-state index in [1.165, 1.54) is 23.8 Å². The van der Waals surface area contributed by atoms with E-state index < -0.39 is 5.91 Å². The molecule has 136 valence electrons. The van der Waals surface area contributed by atoms with E-state index in [9.17, 15) is 9.59 Å². The van der Waals surface area contributed by atoms with Gasteiger partial charge in [-0.3, -0.25) is 9.59 Å². The van der Waals surface area contributed by atoms with Crippen LogP contribution in [0.1, 0.15) is 57.7 Å². The Morgan fingerprint density at radius 1 is 1.12 bits per heavy atom. The van der Waals surface area contributed by atoms with Crippen LogP contribution in [-0.2, 0) is 0 Å². The lowest BCUT2D eigenvalue weighted by atomic mass is 9.95. The van der Waals surface area contributed by atoms with Crippen LogP contribution in [0.4, 0.5) is 0 Å². The minimum atomic E-state index is -0.464. The molecule has 0 unspecified atom stereocenters. The number of carbonyl (C=O) groups is 2. The van der Waals surface area contributed by atoms with Gasteiger partial charge in [0.15, 0.2) is 0 Å². The monoisotopic (exact) mass is 389 g/mol. The zero-order chi connectivity index (χ0) is 18.4. The van der Waals surface area contributed by atoms with Crippen LogP contribution in [0.2, 0.25) is 5.02 Å². The van der Waals surface area contributed by atoms with Gasteiger partial charge in [-0.05, 0) is 42.5 Å². The third kappa shape index (κ3) is 4.93. The smallest absolute Gasteiger partial charge is 0.272 e. The Morgan fingerprint density at radius 3 is 2.65 bits per heavy atom. The maximum absolute atomic E-state index is 12.6. The Balaban J connectivity index is 1.72. The number of nitrogens with zero attached hydrogens (tertiary/aromatic N) is 1. The van der Waals surface area contributed by atoms with Crippen LogP contribution >= 0.6 is 22.9 Å². The Hall–Kier alpha value is -2.18. The quantitative estimate of drug-likeness (QED) is 0.593. The highest BCUT2D eigenvalue weighted by Gasteiger charge is 2.21. The van der Waals surface area contributed by atoms with Crippen LogP contribution in [-0.4, -0.2) is 24.1 Å². The van der Waals surface area contributed by atoms with E-state index >= 15 is 0 Å². The largest absolute Gasteiger partial charge is 0.349 e. The van der Waals surface area contributed by atoms with Crippen LogP contribution in [0.15, 0.2) is 40.8 Å². The van der Waals surface area contributed by atoms with Crippen molar-refractivity contribution in [3.63, 3.8) is 0 Å². The Morgan fingerprint density at radius 2 is 1.92 bits per heavy atom. The number of amides is 2. The molecule has 2 aromatic rings. The molecule has 0 aliphatic heterocycles. The molecule has 0 saturated heterocycles. The first-order chi connectivity index (χ1) is 12.6. The molecule has 0 atom stereocenters. The lowest BCUT2D eigenvalue weighted by Crippen LogP contribution is -2.37. The number of hydrogen-bond donors (Lipinski definition) is 2. The average Bonchev–Trinajstić information content (AvgIpc) is 3.15. The SMILES string of the molecule is O=C(N/N=C/c1cccs1)c1cc(Cl)ccc1C(=O)NC1CCCCC1. The predicted molar refractivity (Wildman–Crippen MR) is 105 cm³/mol. The Kier molecular flexibility index (Phi) is 6.41. The maximum Gasteiger partial charge on any atom is 0.272 e. The fraction of sp³-hybridized carbons (Fsp3) is 0.316. The van der Waals surface area contributed by atoms with Gasteiger partial charge >= 0.3 is 0 Å². The summed E-state index contributed by atoms with van der Waals surface area (Å²) in [5.74, 6) is -0.713. The van der Waals surface area contributed by atoms with Crippen molar-refractivity contribution in [3.05, 3.63) is 56.7 Å². The third-order valence-electron chi connectivity index (χ3n) is 4.31. The van der Waals surface area contributed by atoms with Crippen LogP contribution in [0.5, 0.6) is 0 Å². The first kappa shape index (κ1) is 18.6. The average molecular weight is 390 g/mol. The molecule has 1 aromatic carbocycles. The lowest BCUT2D eigenvalue weighted by Gasteiger charge is -2.23. The van der Waals surface area contributed by atoms with Gasteiger partial charge in [0, 0.05) is 15.9 Å². The van der Waals surface area contributed by atoms with Gasteiger partial charge in [0.1, 0.15) is 0 Å². The lowest BCUT2D eigenvalue weighted by molar-refractivity contribution is 0.0904. The van der Waals surface area contributed by atoms with Gasteiger partial charge in [-0.25, -0.2) is 5.43 Å². The van der Waals surface area contributed by atoms with Crippen LogP contribution in [0, 0.1) is 0 Å². The van der Waals surface area contributed by atoms with E-state index in [4.69, 9.17) is 11.6 Å². The third-order valence-corrected chi connectivity index (χ3v) is 5.35. The summed E-state index contributed by atoms with van der Waals surface area (Å²) in [4.78, 5) is 26.0. The zero-order valence-corrected chi connectivity index (χ0v) is 15.8. The summed E-state index contributed by atoms with van der Waals surface area (Å²) in [5, 5.41) is 9.30. The number of nitrogens with one attached hydrogen (secondary N) is 2. The molecule has 2 N–H and O–H groups in total. The van der Waals surface area contributed by atoms with Crippen LogP contribution < -0.4 is 10.7 Å². The first-order valence-electron chi connectivity index (χ1n) is 8.61. The number of hydrazone groups is 1. The standard InChI is InChI=1S/C19H20ClN3O2S/c20-13-8-9-16(18(24)22-14-5-2-1-3-6-14)17(11-13)19(25)23-21-12-15-7-4-10-26-15/h4,7-12,14H,1-3,5-6H2,(H,22,24)(H,23,25)/b21-12+. The van der Waals surface area contributed by atoms with Gasteiger partial charge in [0.2, 0.25) is 0 Å². The molecule has 1 aliphatic carbocycles. The van der Waals surface area contributed by atoms with Crippen molar-refractivity contribution in [2.75, 3.05) is 0 Å². The predicted octanol–water partition coefficient (Wildman–Crippen LogP) is 4.23. The number of rotatable bonds is 5. The summed E-state index contributed by atoms with van der Waals surface area (Å²) in [6.45, 7) is 0. The highest BCUT2D eigenvalue weighted by atomic mass is 35.5. The molecule has 1 aromatic heterocycles. The molecule has 3 rings (SSSR count). The van der Waals surface area contributed by atoms with Crippen LogP contribution in [0.25, 0.3) is 0 Å². The van der Waals surface area contributed by atoms with Gasteiger partial charge < -0.3 is 5.32 Å². The van der Waals surface area contributed by atoms with E-state index in [2.05, 4.69) is 15.8 Å². The second-order valence-electron chi connectivity index (χ2n) is 6.21. The van der Waals surface area contributed by atoms with Crippen molar-refractivity contribution in [1.29, 1.82) is 0 Å². The van der Waals surface area contributed by atoms with E-state index in [0.717, 1.165) is 30.6 Å². The molecule has 0 spiro atoms. The molecule has 2 amide bonds. The molecule has 1 saturated carbocycles. The van der Waals surface area contributed by atoms with Gasteiger partial charge in [0.25, 0.3) is 11.8 Å². The number of carbonyl (C=O) groups excluding carboxylic acids is 2. The fourth-order valence-corrected chi connectivity index (χ4v) is 3.75. The molecule has 0 radical (unpaired) electrons. The molecular weight excluding hydrogens is 370 g/mol. The normalized spacial score (nSPS) is 15.1. The Bertz CT molecular complexity index is 799.